The van der Waals surface area contributed by atoms with E-state index in [0.717, 1.165) is 12.8 Å². The summed E-state index contributed by atoms with van der Waals surface area (Å²) < 4.78 is 11.1. The van der Waals surface area contributed by atoms with Gasteiger partial charge in [-0.1, -0.05) is 0 Å². The first kappa shape index (κ1) is 12.5. The van der Waals surface area contributed by atoms with E-state index in [0.29, 0.717) is 18.2 Å². The van der Waals surface area contributed by atoms with Crippen LogP contribution in [0, 0.1) is 5.92 Å². The van der Waals surface area contributed by atoms with Crippen LogP contribution in [0.1, 0.15) is 19.8 Å². The van der Waals surface area contributed by atoms with Crippen LogP contribution in [-0.2, 0) is 20.4 Å². The van der Waals surface area contributed by atoms with Gasteiger partial charge in [0, 0.05) is 29.4 Å². The first-order chi connectivity index (χ1) is 8.00. The average Bonchev–Trinajstić information content (AvgIpc) is 3.06. The highest BCUT2D eigenvalue weighted by atomic mass is 32.2. The summed E-state index contributed by atoms with van der Waals surface area (Å²) in [6, 6.07) is -0.787. The molecule has 2 fully saturated rings. The molecule has 0 spiro atoms. The third-order valence-corrected chi connectivity index (χ3v) is 4.16. The number of carbonyl (C=O) groups excluding carboxylic acids is 2. The molecule has 0 aromatic carbocycles. The van der Waals surface area contributed by atoms with Gasteiger partial charge in [0.05, 0.1) is 0 Å². The lowest BCUT2D eigenvalue weighted by Crippen LogP contribution is -2.63. The molecule has 2 amide bonds. The van der Waals surface area contributed by atoms with Crippen molar-refractivity contribution in [1.29, 1.82) is 0 Å². The van der Waals surface area contributed by atoms with Crippen LogP contribution in [0.25, 0.3) is 0 Å². The Kier molecular flexibility index (Phi) is 3.51. The largest absolute Gasteiger partial charge is 0.342 e. The van der Waals surface area contributed by atoms with E-state index in [9.17, 15) is 13.8 Å². The molecule has 6 heteroatoms. The number of hydrogen-bond acceptors (Lipinski definition) is 3. The topological polar surface area (TPSA) is 66.5 Å². The predicted molar refractivity (Wildman–Crippen MR) is 64.8 cm³/mol. The summed E-state index contributed by atoms with van der Waals surface area (Å²) in [4.78, 5) is 25.5. The van der Waals surface area contributed by atoms with E-state index >= 15 is 0 Å². The Balaban J connectivity index is 2.06. The first-order valence-corrected chi connectivity index (χ1v) is 7.64. The van der Waals surface area contributed by atoms with Gasteiger partial charge in [-0.3, -0.25) is 13.8 Å². The second kappa shape index (κ2) is 4.76. The number of amides is 2. The maximum atomic E-state index is 12.2. The van der Waals surface area contributed by atoms with E-state index in [1.807, 2.05) is 0 Å². The molecule has 0 radical (unpaired) electrons. The Morgan fingerprint density at radius 2 is 2.06 bits per heavy atom. The zero-order chi connectivity index (χ0) is 12.6. The van der Waals surface area contributed by atoms with Crippen LogP contribution in [0.2, 0.25) is 0 Å². The molecule has 3 unspecified atom stereocenters. The minimum absolute atomic E-state index is 0.00921. The third-order valence-electron chi connectivity index (χ3n) is 3.41. The number of rotatable bonds is 4. The van der Waals surface area contributed by atoms with Crippen molar-refractivity contribution in [3.05, 3.63) is 0 Å². The fourth-order valence-corrected chi connectivity index (χ4v) is 2.58. The second-order valence-electron chi connectivity index (χ2n) is 4.81. The monoisotopic (exact) mass is 258 g/mol. The van der Waals surface area contributed by atoms with E-state index in [-0.39, 0.29) is 17.9 Å². The molecule has 2 aliphatic rings. The van der Waals surface area contributed by atoms with Crippen molar-refractivity contribution < 1.29 is 13.8 Å². The van der Waals surface area contributed by atoms with Gasteiger partial charge in [0.2, 0.25) is 11.8 Å². The van der Waals surface area contributed by atoms with Crippen LogP contribution < -0.4 is 5.32 Å². The smallest absolute Gasteiger partial charge is 0.246 e. The van der Waals surface area contributed by atoms with Crippen LogP contribution in [0.4, 0.5) is 0 Å². The summed E-state index contributed by atoms with van der Waals surface area (Å²) in [6.45, 7) is 2.12. The SMILES string of the molecule is CC1C(=O)NC(C2CC2)C(=O)N1CCS(C)=O. The molecule has 1 aliphatic carbocycles. The van der Waals surface area contributed by atoms with E-state index in [1.54, 1.807) is 18.1 Å². The van der Waals surface area contributed by atoms with Crippen molar-refractivity contribution in [2.75, 3.05) is 18.6 Å². The normalized spacial score (nSPS) is 31.3. The van der Waals surface area contributed by atoms with Crippen LogP contribution in [-0.4, -0.2) is 51.6 Å². The lowest BCUT2D eigenvalue weighted by atomic mass is 10.0. The van der Waals surface area contributed by atoms with Gasteiger partial charge >= 0.3 is 0 Å². The number of nitrogens with one attached hydrogen (secondary N) is 1. The van der Waals surface area contributed by atoms with Gasteiger partial charge in [-0.25, -0.2) is 0 Å². The molecular weight excluding hydrogens is 240 g/mol. The Morgan fingerprint density at radius 1 is 1.41 bits per heavy atom. The molecule has 1 aliphatic heterocycles. The van der Waals surface area contributed by atoms with E-state index in [4.69, 9.17) is 0 Å². The Hall–Kier alpha value is -0.910. The van der Waals surface area contributed by atoms with Gasteiger partial charge in [0.25, 0.3) is 0 Å². The predicted octanol–water partition coefficient (Wildman–Crippen LogP) is -0.510. The van der Waals surface area contributed by atoms with Crippen LogP contribution in [0.3, 0.4) is 0 Å². The molecule has 1 saturated carbocycles. The molecule has 96 valence electrons. The fourth-order valence-electron chi connectivity index (χ4n) is 2.13. The van der Waals surface area contributed by atoms with Gasteiger partial charge in [-0.05, 0) is 25.7 Å². The third kappa shape index (κ3) is 2.68. The second-order valence-corrected chi connectivity index (χ2v) is 6.36. The molecular formula is C11H18N2O3S. The molecule has 1 heterocycles. The Morgan fingerprint density at radius 3 is 2.59 bits per heavy atom. The Labute approximate surface area is 103 Å². The molecule has 1 N–H and O–H groups in total. The highest BCUT2D eigenvalue weighted by Gasteiger charge is 2.45. The maximum absolute atomic E-state index is 12.2. The lowest BCUT2D eigenvalue weighted by molar-refractivity contribution is -0.148. The van der Waals surface area contributed by atoms with Crippen molar-refractivity contribution in [1.82, 2.24) is 10.2 Å². The van der Waals surface area contributed by atoms with Crippen molar-refractivity contribution in [3.8, 4) is 0 Å². The van der Waals surface area contributed by atoms with Crippen LogP contribution in [0.15, 0.2) is 0 Å². The summed E-state index contributed by atoms with van der Waals surface area (Å²) in [5.74, 6) is 0.641. The minimum atomic E-state index is -0.940. The summed E-state index contributed by atoms with van der Waals surface area (Å²) in [6.07, 6.45) is 3.63. The van der Waals surface area contributed by atoms with Crippen LogP contribution in [0.5, 0.6) is 0 Å². The van der Waals surface area contributed by atoms with E-state index in [1.165, 1.54) is 0 Å². The standard InChI is InChI=1S/C11H18N2O3S/c1-7-10(14)12-9(8-3-4-8)11(15)13(7)5-6-17(2)16/h7-9H,3-6H2,1-2H3,(H,12,14). The molecule has 0 bridgehead atoms. The van der Waals surface area contributed by atoms with Gasteiger partial charge in [0.15, 0.2) is 0 Å². The average molecular weight is 258 g/mol. The summed E-state index contributed by atoms with van der Waals surface area (Å²) in [5.41, 5.74) is 0. The summed E-state index contributed by atoms with van der Waals surface area (Å²) in [7, 11) is -0.940. The van der Waals surface area contributed by atoms with Crippen molar-refractivity contribution in [2.45, 2.75) is 31.8 Å². The van der Waals surface area contributed by atoms with E-state index in [2.05, 4.69) is 5.32 Å². The first-order valence-electron chi connectivity index (χ1n) is 5.91. The van der Waals surface area contributed by atoms with E-state index < -0.39 is 16.8 Å². The molecule has 0 aromatic heterocycles. The van der Waals surface area contributed by atoms with Crippen molar-refractivity contribution in [2.24, 2.45) is 5.92 Å². The van der Waals surface area contributed by atoms with Crippen LogP contribution >= 0.6 is 0 Å². The zero-order valence-electron chi connectivity index (χ0n) is 10.1. The number of piperazine rings is 1. The molecule has 3 atom stereocenters. The fraction of sp³-hybridized carbons (Fsp3) is 0.818. The van der Waals surface area contributed by atoms with Gasteiger partial charge < -0.3 is 10.2 Å². The highest BCUT2D eigenvalue weighted by Crippen LogP contribution is 2.34. The van der Waals surface area contributed by atoms with Gasteiger partial charge in [-0.15, -0.1) is 0 Å². The van der Waals surface area contributed by atoms with Crippen molar-refractivity contribution >= 4 is 22.6 Å². The maximum Gasteiger partial charge on any atom is 0.246 e. The molecule has 1 saturated heterocycles. The summed E-state index contributed by atoms with van der Waals surface area (Å²) >= 11 is 0. The zero-order valence-corrected chi connectivity index (χ0v) is 11.0. The minimum Gasteiger partial charge on any atom is -0.342 e. The lowest BCUT2D eigenvalue weighted by Gasteiger charge is -2.37. The molecule has 2 rings (SSSR count). The quantitative estimate of drug-likeness (QED) is 0.738. The Bertz CT molecular complexity index is 368. The van der Waals surface area contributed by atoms with Gasteiger partial charge in [0.1, 0.15) is 12.1 Å². The van der Waals surface area contributed by atoms with Gasteiger partial charge in [-0.2, -0.15) is 0 Å². The van der Waals surface area contributed by atoms with Crippen molar-refractivity contribution in [3.63, 3.8) is 0 Å². The molecule has 0 aromatic rings. The number of hydrogen-bond donors (Lipinski definition) is 1. The number of carbonyl (C=O) groups is 2. The molecule has 17 heavy (non-hydrogen) atoms. The number of nitrogens with zero attached hydrogens (tertiary/aromatic N) is 1. The molecule has 5 nitrogen and oxygen atoms in total. The highest BCUT2D eigenvalue weighted by molar-refractivity contribution is 7.84. The summed E-state index contributed by atoms with van der Waals surface area (Å²) in [5, 5.41) is 2.79.